The summed E-state index contributed by atoms with van der Waals surface area (Å²) in [5.74, 6) is 1.24. The summed E-state index contributed by atoms with van der Waals surface area (Å²) in [6.45, 7) is 6.31. The third-order valence-corrected chi connectivity index (χ3v) is 12.5. The number of hydrogen-bond acceptors (Lipinski definition) is 8. The third-order valence-electron chi connectivity index (χ3n) is 12.0. The van der Waals surface area contributed by atoms with E-state index in [0.717, 1.165) is 11.6 Å². The molecule has 2 saturated heterocycles. The lowest BCUT2D eigenvalue weighted by Gasteiger charge is -2.37. The van der Waals surface area contributed by atoms with Gasteiger partial charge in [-0.1, -0.05) is 80.1 Å². The van der Waals surface area contributed by atoms with Crippen molar-refractivity contribution in [1.82, 2.24) is 20.9 Å². The van der Waals surface area contributed by atoms with E-state index in [-0.39, 0.29) is 82.3 Å². The normalized spacial score (nSPS) is 21.5. The summed E-state index contributed by atoms with van der Waals surface area (Å²) >= 11 is 12.4. The lowest BCUT2D eigenvalue weighted by molar-refractivity contribution is -0.137. The van der Waals surface area contributed by atoms with Crippen LogP contribution in [0.2, 0.25) is 10.0 Å². The van der Waals surface area contributed by atoms with Gasteiger partial charge in [-0.05, 0) is 84.3 Å². The van der Waals surface area contributed by atoms with Gasteiger partial charge in [0.2, 0.25) is 17.7 Å². The van der Waals surface area contributed by atoms with E-state index in [9.17, 15) is 29.2 Å². The zero-order valence-electron chi connectivity index (χ0n) is 36.0. The zero-order chi connectivity index (χ0) is 46.8. The summed E-state index contributed by atoms with van der Waals surface area (Å²) in [6, 6.07) is 17.4. The number of nitrogens with zero attached hydrogens (tertiary/aromatic N) is 2. The molecule has 7 rings (SSSR count). The number of benzene rings is 4. The number of unbranched alkanes of at least 4 members (excludes halogenated alkanes) is 1. The fourth-order valence-corrected chi connectivity index (χ4v) is 9.38. The molecule has 0 bridgehead atoms. The minimum absolute atomic E-state index is 0.0528. The molecule has 5 amide bonds. The minimum Gasteiger partial charge on any atom is -0.495 e. The van der Waals surface area contributed by atoms with Gasteiger partial charge in [0.25, 0.3) is 11.8 Å². The van der Waals surface area contributed by atoms with Gasteiger partial charge in [0.05, 0.1) is 29.9 Å². The van der Waals surface area contributed by atoms with E-state index < -0.39 is 64.2 Å². The van der Waals surface area contributed by atoms with Crippen molar-refractivity contribution in [3.63, 3.8) is 0 Å². The van der Waals surface area contributed by atoms with Gasteiger partial charge in [-0.3, -0.25) is 29.3 Å². The number of rotatable bonds is 11. The standard InChI is InChI=1S/C49H46Cl2F2N6O6/c1-48(2,3)24-39-49(26-54,33-17-16-29(50)23-35(33)52)41(31-13-9-14-34(51)42(31)53)43(57-39)46(63)56-36-18-15-28(22-38(36)65-4)44(61)55-21-7-5-6-10-27-11-8-12-30-32(27)25-59(47(30)64)37-19-20-40(60)58-45(37)62/h8-9,11-18,22-23,37,39,41,43,57H,5,7,19-21,24-25H2,1-4H3,(H,55,61)(H,56,63)(H,58,60,62)/t37?,39-,41-,43+,49-/m0/s1. The van der Waals surface area contributed by atoms with Crippen LogP contribution in [0, 0.1) is 40.2 Å². The summed E-state index contributed by atoms with van der Waals surface area (Å²) in [7, 11) is 1.37. The van der Waals surface area contributed by atoms with Crippen LogP contribution in [0.25, 0.3) is 0 Å². The summed E-state index contributed by atoms with van der Waals surface area (Å²) < 4.78 is 37.8. The number of anilines is 1. The van der Waals surface area contributed by atoms with Gasteiger partial charge >= 0.3 is 0 Å². The molecule has 2 fully saturated rings. The molecule has 0 aromatic heterocycles. The molecule has 0 aliphatic carbocycles. The first-order chi connectivity index (χ1) is 31.0. The molecule has 3 aliphatic rings. The second-order valence-corrected chi connectivity index (χ2v) is 18.3. The maximum absolute atomic E-state index is 16.1. The van der Waals surface area contributed by atoms with Crippen molar-refractivity contribution in [1.29, 1.82) is 5.26 Å². The van der Waals surface area contributed by atoms with Crippen molar-refractivity contribution in [3.05, 3.63) is 128 Å². The number of halogens is 4. The highest BCUT2D eigenvalue weighted by atomic mass is 35.5. The van der Waals surface area contributed by atoms with Crippen LogP contribution in [0.5, 0.6) is 5.75 Å². The molecule has 16 heteroatoms. The molecule has 0 radical (unpaired) electrons. The van der Waals surface area contributed by atoms with E-state index in [4.69, 9.17) is 27.9 Å². The van der Waals surface area contributed by atoms with Crippen molar-refractivity contribution < 1.29 is 37.5 Å². The second kappa shape index (κ2) is 19.0. The Morgan fingerprint density at radius 3 is 2.51 bits per heavy atom. The highest BCUT2D eigenvalue weighted by Gasteiger charge is 2.61. The molecule has 4 N–H and O–H groups in total. The minimum atomic E-state index is -1.82. The molecule has 1 unspecified atom stereocenters. The molecule has 0 saturated carbocycles. The fourth-order valence-electron chi connectivity index (χ4n) is 9.04. The monoisotopic (exact) mass is 922 g/mol. The Labute approximate surface area is 385 Å². The number of ether oxygens (including phenoxy) is 1. The van der Waals surface area contributed by atoms with E-state index in [1.54, 1.807) is 12.1 Å². The lowest BCUT2D eigenvalue weighted by Crippen LogP contribution is -2.52. The summed E-state index contributed by atoms with van der Waals surface area (Å²) in [4.78, 5) is 66.5. The van der Waals surface area contributed by atoms with E-state index >= 15 is 8.78 Å². The number of amides is 5. The number of imide groups is 1. The number of nitrogens with one attached hydrogen (secondary N) is 4. The first kappa shape index (κ1) is 46.7. The quantitative estimate of drug-likeness (QED) is 0.0679. The van der Waals surface area contributed by atoms with Crippen molar-refractivity contribution >= 4 is 58.4 Å². The van der Waals surface area contributed by atoms with Crippen LogP contribution in [-0.4, -0.2) is 66.2 Å². The Bertz CT molecular complexity index is 2710. The molecule has 336 valence electrons. The first-order valence-electron chi connectivity index (χ1n) is 21.1. The molecule has 0 spiro atoms. The van der Waals surface area contributed by atoms with E-state index in [1.807, 2.05) is 26.8 Å². The first-order valence-corrected chi connectivity index (χ1v) is 21.8. The molecule has 12 nitrogen and oxygen atoms in total. The number of hydrogen-bond donors (Lipinski definition) is 4. The van der Waals surface area contributed by atoms with Crippen LogP contribution in [0.4, 0.5) is 14.5 Å². The van der Waals surface area contributed by atoms with Crippen LogP contribution in [0.3, 0.4) is 0 Å². The van der Waals surface area contributed by atoms with Crippen molar-refractivity contribution in [2.75, 3.05) is 19.0 Å². The lowest BCUT2D eigenvalue weighted by atomic mass is 9.62. The van der Waals surface area contributed by atoms with Gasteiger partial charge in [-0.2, -0.15) is 5.26 Å². The zero-order valence-corrected chi connectivity index (χ0v) is 37.6. The predicted molar refractivity (Wildman–Crippen MR) is 240 cm³/mol. The summed E-state index contributed by atoms with van der Waals surface area (Å²) in [6.07, 6.45) is 1.64. The number of methoxy groups -OCH3 is 1. The number of fused-ring (bicyclic) bond motifs is 1. The number of carbonyl (C=O) groups is 5. The van der Waals surface area contributed by atoms with Crippen LogP contribution in [0.1, 0.15) is 102 Å². The Morgan fingerprint density at radius 1 is 1.03 bits per heavy atom. The van der Waals surface area contributed by atoms with Gasteiger partial charge in [0.15, 0.2) is 0 Å². The molecular weight excluding hydrogens is 877 g/mol. The summed E-state index contributed by atoms with van der Waals surface area (Å²) in [5.41, 5.74) is -0.0900. The van der Waals surface area contributed by atoms with Crippen LogP contribution < -0.4 is 26.0 Å². The van der Waals surface area contributed by atoms with Gasteiger partial charge in [-0.15, -0.1) is 0 Å². The molecule has 65 heavy (non-hydrogen) atoms. The van der Waals surface area contributed by atoms with Gasteiger partial charge in [-0.25, -0.2) is 8.78 Å². The molecule has 3 heterocycles. The second-order valence-electron chi connectivity index (χ2n) is 17.5. The Balaban J connectivity index is 1.04. The Hall–Kier alpha value is -6.32. The van der Waals surface area contributed by atoms with Crippen molar-refractivity contribution in [3.8, 4) is 23.7 Å². The smallest absolute Gasteiger partial charge is 0.255 e. The van der Waals surface area contributed by atoms with Gasteiger partial charge in [0.1, 0.15) is 28.8 Å². The average Bonchev–Trinajstić information content (AvgIpc) is 3.76. The Morgan fingerprint density at radius 2 is 1.80 bits per heavy atom. The third kappa shape index (κ3) is 9.43. The fraction of sp³-hybridized carbons (Fsp3) is 0.347. The molecule has 4 aromatic rings. The van der Waals surface area contributed by atoms with Crippen LogP contribution in [0.15, 0.2) is 72.8 Å². The van der Waals surface area contributed by atoms with Crippen molar-refractivity contribution in [2.45, 2.75) is 88.9 Å². The molecule has 3 aliphatic heterocycles. The maximum atomic E-state index is 16.1. The number of nitriles is 1. The predicted octanol–water partition coefficient (Wildman–Crippen LogP) is 7.56. The SMILES string of the molecule is COc1cc(C(=O)NCCCC#Cc2cccc3c2CN(C2CCC(=O)NC2=O)C3=O)ccc1NC(=O)[C@@H]1N[C@@H](CC(C)(C)C)[C@](C#N)(c2ccc(Cl)cc2F)[C@H]1c1cccc(Cl)c1F. The van der Waals surface area contributed by atoms with Crippen LogP contribution >= 0.6 is 23.2 Å². The van der Waals surface area contributed by atoms with E-state index in [1.165, 1.54) is 60.5 Å². The summed E-state index contributed by atoms with van der Waals surface area (Å²) in [5, 5.41) is 22.3. The van der Waals surface area contributed by atoms with Crippen molar-refractivity contribution in [2.24, 2.45) is 5.41 Å². The average molecular weight is 924 g/mol. The highest BCUT2D eigenvalue weighted by Crippen LogP contribution is 2.53. The largest absolute Gasteiger partial charge is 0.495 e. The molecule has 5 atom stereocenters. The van der Waals surface area contributed by atoms with Gasteiger partial charge in [0, 0.05) is 65.2 Å². The van der Waals surface area contributed by atoms with E-state index in [0.29, 0.717) is 24.0 Å². The van der Waals surface area contributed by atoms with Crippen LogP contribution in [-0.2, 0) is 26.3 Å². The highest BCUT2D eigenvalue weighted by molar-refractivity contribution is 6.31. The van der Waals surface area contributed by atoms with Gasteiger partial charge < -0.3 is 25.6 Å². The maximum Gasteiger partial charge on any atom is 0.255 e. The number of carbonyl (C=O) groups excluding carboxylic acids is 5. The topological polar surface area (TPSA) is 170 Å². The Kier molecular flexibility index (Phi) is 13.7. The molecular formula is C49H46Cl2F2N6O6. The number of piperidine rings is 1. The van der Waals surface area contributed by atoms with E-state index in [2.05, 4.69) is 39.2 Å². The molecule has 4 aromatic carbocycles.